The number of benzene rings is 2. The van der Waals surface area contributed by atoms with Gasteiger partial charge in [0.05, 0.1) is 12.1 Å². The number of allylic oxidation sites excluding steroid dienone is 2. The lowest BCUT2D eigenvalue weighted by atomic mass is 10.0. The van der Waals surface area contributed by atoms with Gasteiger partial charge >= 0.3 is 0 Å². The molecule has 0 fully saturated rings. The van der Waals surface area contributed by atoms with Crippen LogP contribution >= 0.6 is 0 Å². The third kappa shape index (κ3) is 4.05. The number of H-pyrrole nitrogens is 1. The smallest absolute Gasteiger partial charge is 0.124 e. The Balaban J connectivity index is 1.87. The Kier molecular flexibility index (Phi) is 5.77. The van der Waals surface area contributed by atoms with E-state index in [4.69, 9.17) is 4.74 Å². The van der Waals surface area contributed by atoms with Crippen molar-refractivity contribution in [1.82, 2.24) is 10.3 Å². The minimum Gasteiger partial charge on any atom is -0.493 e. The van der Waals surface area contributed by atoms with Gasteiger partial charge in [0.2, 0.25) is 0 Å². The third-order valence-electron chi connectivity index (χ3n) is 4.44. The highest BCUT2D eigenvalue weighted by Gasteiger charge is 2.12. The van der Waals surface area contributed by atoms with Gasteiger partial charge in [-0.3, -0.25) is 0 Å². The van der Waals surface area contributed by atoms with E-state index in [0.29, 0.717) is 6.04 Å². The highest BCUT2D eigenvalue weighted by atomic mass is 16.5. The van der Waals surface area contributed by atoms with Crippen LogP contribution in [-0.4, -0.2) is 24.2 Å². The van der Waals surface area contributed by atoms with E-state index in [-0.39, 0.29) is 0 Å². The molecule has 0 amide bonds. The number of aromatic amines is 1. The van der Waals surface area contributed by atoms with Gasteiger partial charge in [-0.2, -0.15) is 0 Å². The first-order valence-corrected chi connectivity index (χ1v) is 9.20. The van der Waals surface area contributed by atoms with Gasteiger partial charge in [-0.1, -0.05) is 44.2 Å². The van der Waals surface area contributed by atoms with E-state index in [1.807, 2.05) is 0 Å². The second kappa shape index (κ2) is 8.21. The Bertz CT molecular complexity index is 861. The Hall–Kier alpha value is -2.26. The van der Waals surface area contributed by atoms with Crippen LogP contribution in [0.3, 0.4) is 0 Å². The van der Waals surface area contributed by atoms with Gasteiger partial charge in [0.25, 0.3) is 0 Å². The molecule has 1 aromatic heterocycles. The van der Waals surface area contributed by atoms with Crippen molar-refractivity contribution in [3.63, 3.8) is 0 Å². The number of para-hydroxylation sites is 1. The number of ether oxygens (including phenoxy) is 1. The molecule has 3 heteroatoms. The van der Waals surface area contributed by atoms with E-state index in [1.54, 1.807) is 0 Å². The molecule has 0 bridgehead atoms. The normalized spacial score (nSPS) is 12.0. The molecular weight excluding hydrogens is 308 g/mol. The zero-order valence-electron chi connectivity index (χ0n) is 15.4. The SMILES string of the molecule is C/C=C\Cc1c(OCCCNC(C)C)ccc2c1[nH]c1ccccc12. The first kappa shape index (κ1) is 17.6. The predicted molar refractivity (Wildman–Crippen MR) is 108 cm³/mol. The van der Waals surface area contributed by atoms with Gasteiger partial charge in [0, 0.05) is 27.9 Å². The summed E-state index contributed by atoms with van der Waals surface area (Å²) in [6.45, 7) is 8.11. The maximum Gasteiger partial charge on any atom is 0.124 e. The Labute approximate surface area is 150 Å². The summed E-state index contributed by atoms with van der Waals surface area (Å²) in [6, 6.07) is 13.3. The lowest BCUT2D eigenvalue weighted by molar-refractivity contribution is 0.304. The molecule has 0 aliphatic rings. The molecule has 0 aliphatic carbocycles. The summed E-state index contributed by atoms with van der Waals surface area (Å²) < 4.78 is 6.13. The van der Waals surface area contributed by atoms with E-state index in [2.05, 4.69) is 79.6 Å². The fourth-order valence-corrected chi connectivity index (χ4v) is 3.18. The van der Waals surface area contributed by atoms with Gasteiger partial charge in [0.1, 0.15) is 5.75 Å². The standard InChI is InChI=1S/C22H28N2O/c1-4-5-9-19-21(25-15-8-14-23-16(2)3)13-12-18-17-10-6-7-11-20(17)24-22(18)19/h4-7,10-13,16,23-24H,8-9,14-15H2,1-3H3/b5-4-. The van der Waals surface area contributed by atoms with Crippen LogP contribution < -0.4 is 10.1 Å². The molecule has 0 aliphatic heterocycles. The molecule has 3 nitrogen and oxygen atoms in total. The van der Waals surface area contributed by atoms with E-state index in [0.717, 1.165) is 31.7 Å². The van der Waals surface area contributed by atoms with Gasteiger partial charge in [-0.05, 0) is 44.5 Å². The quantitative estimate of drug-likeness (QED) is 0.438. The summed E-state index contributed by atoms with van der Waals surface area (Å²) in [5.74, 6) is 0.988. The fourth-order valence-electron chi connectivity index (χ4n) is 3.18. The van der Waals surface area contributed by atoms with Crippen LogP contribution in [0.1, 0.15) is 32.8 Å². The van der Waals surface area contributed by atoms with Crippen molar-refractivity contribution < 1.29 is 4.74 Å². The maximum atomic E-state index is 6.13. The molecule has 0 unspecified atom stereocenters. The van der Waals surface area contributed by atoms with Crippen molar-refractivity contribution in [2.75, 3.05) is 13.2 Å². The summed E-state index contributed by atoms with van der Waals surface area (Å²) in [5, 5.41) is 5.97. The maximum absolute atomic E-state index is 6.13. The van der Waals surface area contributed by atoms with Crippen LogP contribution in [0.5, 0.6) is 5.75 Å². The molecule has 0 atom stereocenters. The molecular formula is C22H28N2O. The molecule has 0 radical (unpaired) electrons. The molecule has 0 spiro atoms. The van der Waals surface area contributed by atoms with Crippen LogP contribution in [0.25, 0.3) is 21.8 Å². The Morgan fingerprint density at radius 2 is 1.96 bits per heavy atom. The summed E-state index contributed by atoms with van der Waals surface area (Å²) >= 11 is 0. The lowest BCUT2D eigenvalue weighted by Crippen LogP contribution is -2.24. The van der Waals surface area contributed by atoms with Crippen LogP contribution in [0, 0.1) is 0 Å². The van der Waals surface area contributed by atoms with E-state index < -0.39 is 0 Å². The third-order valence-corrected chi connectivity index (χ3v) is 4.44. The highest BCUT2D eigenvalue weighted by Crippen LogP contribution is 2.33. The zero-order valence-corrected chi connectivity index (χ0v) is 15.4. The second-order valence-corrected chi connectivity index (χ2v) is 6.72. The molecule has 3 aromatic rings. The first-order valence-electron chi connectivity index (χ1n) is 9.20. The molecule has 3 rings (SSSR count). The zero-order chi connectivity index (χ0) is 17.6. The van der Waals surface area contributed by atoms with Crippen LogP contribution in [0.2, 0.25) is 0 Å². The number of nitrogens with one attached hydrogen (secondary N) is 2. The monoisotopic (exact) mass is 336 g/mol. The highest BCUT2D eigenvalue weighted by molar-refractivity contribution is 6.08. The Morgan fingerprint density at radius 1 is 1.12 bits per heavy atom. The molecule has 132 valence electrons. The minimum absolute atomic E-state index is 0.521. The van der Waals surface area contributed by atoms with Crippen LogP contribution in [-0.2, 0) is 6.42 Å². The fraction of sp³-hybridized carbons (Fsp3) is 0.364. The lowest BCUT2D eigenvalue weighted by Gasteiger charge is -2.13. The number of hydrogen-bond acceptors (Lipinski definition) is 2. The predicted octanol–water partition coefficient (Wildman–Crippen LogP) is 5.21. The molecule has 0 saturated heterocycles. The van der Waals surface area contributed by atoms with Crippen molar-refractivity contribution in [3.8, 4) is 5.75 Å². The van der Waals surface area contributed by atoms with Crippen molar-refractivity contribution >= 4 is 21.8 Å². The summed E-state index contributed by atoms with van der Waals surface area (Å²) in [4.78, 5) is 3.59. The number of fused-ring (bicyclic) bond motifs is 3. The van der Waals surface area contributed by atoms with Gasteiger partial charge in [-0.15, -0.1) is 0 Å². The van der Waals surface area contributed by atoms with Gasteiger partial charge in [-0.25, -0.2) is 0 Å². The number of rotatable bonds is 8. The van der Waals surface area contributed by atoms with Crippen LogP contribution in [0.4, 0.5) is 0 Å². The van der Waals surface area contributed by atoms with Gasteiger partial charge in [0.15, 0.2) is 0 Å². The first-order chi connectivity index (χ1) is 12.2. The van der Waals surface area contributed by atoms with E-state index >= 15 is 0 Å². The van der Waals surface area contributed by atoms with Crippen LogP contribution in [0.15, 0.2) is 48.6 Å². The average Bonchev–Trinajstić information content (AvgIpc) is 2.98. The summed E-state index contributed by atoms with van der Waals surface area (Å²) in [6.07, 6.45) is 6.16. The summed E-state index contributed by atoms with van der Waals surface area (Å²) in [7, 11) is 0. The van der Waals surface area contributed by atoms with E-state index in [1.165, 1.54) is 27.4 Å². The van der Waals surface area contributed by atoms with Crippen molar-refractivity contribution in [2.24, 2.45) is 0 Å². The average molecular weight is 336 g/mol. The number of hydrogen-bond donors (Lipinski definition) is 2. The van der Waals surface area contributed by atoms with Crippen molar-refractivity contribution in [1.29, 1.82) is 0 Å². The molecule has 1 heterocycles. The largest absolute Gasteiger partial charge is 0.493 e. The molecule has 2 N–H and O–H groups in total. The molecule has 25 heavy (non-hydrogen) atoms. The van der Waals surface area contributed by atoms with Gasteiger partial charge < -0.3 is 15.0 Å². The second-order valence-electron chi connectivity index (χ2n) is 6.72. The topological polar surface area (TPSA) is 37.0 Å². The molecule has 0 saturated carbocycles. The number of aromatic nitrogens is 1. The van der Waals surface area contributed by atoms with Crippen molar-refractivity contribution in [2.45, 2.75) is 39.7 Å². The minimum atomic E-state index is 0.521. The van der Waals surface area contributed by atoms with Crippen molar-refractivity contribution in [3.05, 3.63) is 54.1 Å². The summed E-state index contributed by atoms with van der Waals surface area (Å²) in [5.41, 5.74) is 3.61. The van der Waals surface area contributed by atoms with E-state index in [9.17, 15) is 0 Å². The molecule has 2 aromatic carbocycles. The Morgan fingerprint density at radius 3 is 2.76 bits per heavy atom.